The fourth-order valence-corrected chi connectivity index (χ4v) is 2.83. The van der Waals surface area contributed by atoms with Gasteiger partial charge in [-0.2, -0.15) is 0 Å². The lowest BCUT2D eigenvalue weighted by molar-refractivity contribution is -0.130. The van der Waals surface area contributed by atoms with Crippen molar-refractivity contribution in [3.63, 3.8) is 0 Å². The molecular weight excluding hydrogens is 480 g/mol. The Hall–Kier alpha value is -4.97. The molecule has 2 aromatic rings. The number of hydrogen-bond donors (Lipinski definition) is 0. The highest BCUT2D eigenvalue weighted by Gasteiger charge is 2.08. The van der Waals surface area contributed by atoms with E-state index < -0.39 is 17.9 Å². The number of carbonyl (C=O) groups excluding carboxylic acids is 3. The molecular formula is C32H30O6. The number of ether oxygens (including phenoxy) is 3. The molecule has 0 amide bonds. The second-order valence-corrected chi connectivity index (χ2v) is 7.56. The Labute approximate surface area is 223 Å². The lowest BCUT2D eigenvalue weighted by Crippen LogP contribution is -2.06. The van der Waals surface area contributed by atoms with Gasteiger partial charge in [0, 0.05) is 24.3 Å². The summed E-state index contributed by atoms with van der Waals surface area (Å²) in [6.07, 6.45) is 22.8. The zero-order valence-corrected chi connectivity index (χ0v) is 21.6. The average Bonchev–Trinajstić information content (AvgIpc) is 2.88. The maximum Gasteiger partial charge on any atom is 0.336 e. The Balaban J connectivity index is 2.22. The molecule has 2 aromatic carbocycles. The molecule has 0 bridgehead atoms. The van der Waals surface area contributed by atoms with Crippen LogP contribution in [0.5, 0.6) is 17.2 Å². The van der Waals surface area contributed by atoms with E-state index >= 15 is 0 Å². The summed E-state index contributed by atoms with van der Waals surface area (Å²) in [6.45, 7) is 5.52. The highest BCUT2D eigenvalue weighted by molar-refractivity contribution is 5.86. The predicted octanol–water partition coefficient (Wildman–Crippen LogP) is 6.97. The summed E-state index contributed by atoms with van der Waals surface area (Å²) < 4.78 is 16.0. The summed E-state index contributed by atoms with van der Waals surface area (Å²) >= 11 is 0. The van der Waals surface area contributed by atoms with E-state index in [2.05, 4.69) is 0 Å². The molecule has 194 valence electrons. The molecule has 0 saturated heterocycles. The number of esters is 3. The first-order valence-electron chi connectivity index (χ1n) is 11.9. The first-order chi connectivity index (χ1) is 18.4. The second kappa shape index (κ2) is 16.7. The van der Waals surface area contributed by atoms with Crippen molar-refractivity contribution in [2.24, 2.45) is 0 Å². The lowest BCUT2D eigenvalue weighted by atomic mass is 10.1. The van der Waals surface area contributed by atoms with Crippen LogP contribution in [0.25, 0.3) is 12.2 Å². The molecule has 6 heteroatoms. The standard InChI is InChI=1S/C32H30O6/c1-4-7-10-13-30(33)36-27-20-18-25(19-21-27)16-17-26-22-28(37-31(34)14-11-8-5-2)24-29(23-26)38-32(35)15-12-9-6-3/h4-24H,1-3H3/b7-4+,8-5+,9-6+,13-10+,14-11+,15-12+,17-16+. The topological polar surface area (TPSA) is 78.9 Å². The van der Waals surface area contributed by atoms with Crippen molar-refractivity contribution >= 4 is 30.1 Å². The highest BCUT2D eigenvalue weighted by Crippen LogP contribution is 2.25. The van der Waals surface area contributed by atoms with Gasteiger partial charge in [-0.15, -0.1) is 0 Å². The van der Waals surface area contributed by atoms with Gasteiger partial charge in [0.25, 0.3) is 0 Å². The zero-order valence-electron chi connectivity index (χ0n) is 21.6. The van der Waals surface area contributed by atoms with E-state index in [0.717, 1.165) is 5.56 Å². The van der Waals surface area contributed by atoms with Crippen LogP contribution in [0, 0.1) is 0 Å². The molecule has 0 N–H and O–H groups in total. The van der Waals surface area contributed by atoms with Gasteiger partial charge in [-0.3, -0.25) is 0 Å². The molecule has 6 nitrogen and oxygen atoms in total. The SMILES string of the molecule is C/C=C/C=C/C(=O)Oc1ccc(/C=C/c2cc(OC(=O)/C=C/C=C/C)cc(OC(=O)/C=C/C=C/C)c2)cc1. The Kier molecular flexibility index (Phi) is 12.8. The van der Waals surface area contributed by atoms with Gasteiger partial charge in [0.2, 0.25) is 0 Å². The van der Waals surface area contributed by atoms with Crippen LogP contribution in [0.3, 0.4) is 0 Å². The lowest BCUT2D eigenvalue weighted by Gasteiger charge is -2.08. The minimum Gasteiger partial charge on any atom is -0.423 e. The van der Waals surface area contributed by atoms with Gasteiger partial charge in [-0.1, -0.05) is 79.0 Å². The third-order valence-electron chi connectivity index (χ3n) is 4.51. The minimum atomic E-state index is -0.569. The van der Waals surface area contributed by atoms with E-state index in [1.165, 1.54) is 24.3 Å². The van der Waals surface area contributed by atoms with Crippen molar-refractivity contribution in [1.82, 2.24) is 0 Å². The van der Waals surface area contributed by atoms with Crippen LogP contribution in [0.2, 0.25) is 0 Å². The first-order valence-corrected chi connectivity index (χ1v) is 11.9. The molecule has 0 saturated carbocycles. The fourth-order valence-electron chi connectivity index (χ4n) is 2.83. The van der Waals surface area contributed by atoms with Crippen molar-refractivity contribution in [2.75, 3.05) is 0 Å². The molecule has 38 heavy (non-hydrogen) atoms. The van der Waals surface area contributed by atoms with Crippen LogP contribution in [0.15, 0.2) is 115 Å². The van der Waals surface area contributed by atoms with Crippen molar-refractivity contribution in [3.05, 3.63) is 127 Å². The molecule has 0 aliphatic heterocycles. The van der Waals surface area contributed by atoms with Gasteiger partial charge in [0.05, 0.1) is 0 Å². The van der Waals surface area contributed by atoms with Crippen LogP contribution in [-0.2, 0) is 14.4 Å². The second-order valence-electron chi connectivity index (χ2n) is 7.56. The van der Waals surface area contributed by atoms with E-state index in [-0.39, 0.29) is 11.5 Å². The summed E-state index contributed by atoms with van der Waals surface area (Å²) in [5.74, 6) is -0.759. The summed E-state index contributed by atoms with van der Waals surface area (Å²) in [5.41, 5.74) is 1.47. The van der Waals surface area contributed by atoms with Crippen molar-refractivity contribution in [3.8, 4) is 17.2 Å². The number of rotatable bonds is 11. The fraction of sp³-hybridized carbons (Fsp3) is 0.0938. The number of hydrogen-bond acceptors (Lipinski definition) is 6. The molecule has 0 fully saturated rings. The van der Waals surface area contributed by atoms with Crippen LogP contribution in [-0.4, -0.2) is 17.9 Å². The van der Waals surface area contributed by atoms with Crippen molar-refractivity contribution in [1.29, 1.82) is 0 Å². The molecule has 2 rings (SSSR count). The summed E-state index contributed by atoms with van der Waals surface area (Å²) in [7, 11) is 0. The van der Waals surface area contributed by atoms with E-state index in [0.29, 0.717) is 11.3 Å². The largest absolute Gasteiger partial charge is 0.423 e. The first kappa shape index (κ1) is 29.3. The third-order valence-corrected chi connectivity index (χ3v) is 4.51. The Bertz CT molecular complexity index is 1250. The van der Waals surface area contributed by atoms with E-state index in [1.54, 1.807) is 91.1 Å². The number of carbonyl (C=O) groups is 3. The summed E-state index contributed by atoms with van der Waals surface area (Å²) in [4.78, 5) is 36.1. The Morgan fingerprint density at radius 1 is 0.500 bits per heavy atom. The maximum atomic E-state index is 12.1. The smallest absolute Gasteiger partial charge is 0.336 e. The molecule has 0 spiro atoms. The average molecular weight is 511 g/mol. The highest BCUT2D eigenvalue weighted by atomic mass is 16.5. The van der Waals surface area contributed by atoms with Gasteiger partial charge < -0.3 is 14.2 Å². The molecule has 0 aliphatic rings. The van der Waals surface area contributed by atoms with Gasteiger partial charge in [0.1, 0.15) is 17.2 Å². The van der Waals surface area contributed by atoms with Crippen molar-refractivity contribution < 1.29 is 28.6 Å². The molecule has 0 radical (unpaired) electrons. The normalized spacial score (nSPS) is 12.2. The summed E-state index contributed by atoms with van der Waals surface area (Å²) in [6, 6.07) is 11.7. The Morgan fingerprint density at radius 3 is 1.32 bits per heavy atom. The quantitative estimate of drug-likeness (QED) is 0.107. The molecule has 0 aromatic heterocycles. The third kappa shape index (κ3) is 11.6. The summed E-state index contributed by atoms with van der Waals surface area (Å²) in [5, 5.41) is 0. The van der Waals surface area contributed by atoms with E-state index in [4.69, 9.17) is 14.2 Å². The Morgan fingerprint density at radius 2 is 0.895 bits per heavy atom. The van der Waals surface area contributed by atoms with Crippen molar-refractivity contribution in [2.45, 2.75) is 20.8 Å². The molecule has 0 atom stereocenters. The van der Waals surface area contributed by atoms with Crippen LogP contribution < -0.4 is 14.2 Å². The molecule has 0 unspecified atom stereocenters. The van der Waals surface area contributed by atoms with Crippen LogP contribution in [0.1, 0.15) is 31.9 Å². The number of benzene rings is 2. The predicted molar refractivity (Wildman–Crippen MR) is 151 cm³/mol. The van der Waals surface area contributed by atoms with Gasteiger partial charge in [-0.05, 0) is 56.2 Å². The monoisotopic (exact) mass is 510 g/mol. The van der Waals surface area contributed by atoms with E-state index in [9.17, 15) is 14.4 Å². The molecule has 0 aliphatic carbocycles. The van der Waals surface area contributed by atoms with Crippen LogP contribution >= 0.6 is 0 Å². The zero-order chi connectivity index (χ0) is 27.6. The molecule has 0 heterocycles. The van der Waals surface area contributed by atoms with Gasteiger partial charge in [-0.25, -0.2) is 14.4 Å². The van der Waals surface area contributed by atoms with Gasteiger partial charge >= 0.3 is 17.9 Å². The van der Waals surface area contributed by atoms with Gasteiger partial charge in [0.15, 0.2) is 0 Å². The minimum absolute atomic E-state index is 0.218. The maximum absolute atomic E-state index is 12.1. The number of allylic oxidation sites excluding steroid dienone is 9. The van der Waals surface area contributed by atoms with E-state index in [1.807, 2.05) is 32.9 Å². The van der Waals surface area contributed by atoms with Crippen LogP contribution in [0.4, 0.5) is 0 Å².